The van der Waals surface area contributed by atoms with Crippen LogP contribution in [0.25, 0.3) is 6.08 Å². The highest BCUT2D eigenvalue weighted by molar-refractivity contribution is 5.94. The van der Waals surface area contributed by atoms with Gasteiger partial charge in [-0.25, -0.2) is 9.59 Å². The molecule has 0 bridgehead atoms. The van der Waals surface area contributed by atoms with Crippen molar-refractivity contribution in [1.29, 1.82) is 0 Å². The number of amides is 3. The van der Waals surface area contributed by atoms with Gasteiger partial charge in [0.25, 0.3) is 0 Å². The summed E-state index contributed by atoms with van der Waals surface area (Å²) in [6, 6.07) is 13.5. The summed E-state index contributed by atoms with van der Waals surface area (Å²) in [4.78, 5) is 57.0. The lowest BCUT2D eigenvalue weighted by atomic mass is 9.97. The minimum absolute atomic E-state index is 0.0469. The van der Waals surface area contributed by atoms with Crippen LogP contribution in [-0.2, 0) is 30.3 Å². The van der Waals surface area contributed by atoms with Gasteiger partial charge in [-0.15, -0.1) is 0 Å². The fourth-order valence-electron chi connectivity index (χ4n) is 5.03. The van der Waals surface area contributed by atoms with E-state index in [4.69, 9.17) is 9.47 Å². The first-order chi connectivity index (χ1) is 21.9. The first-order valence-electron chi connectivity index (χ1n) is 16.5. The Balaban J connectivity index is 2.64. The molecule has 0 spiro atoms. The molecule has 3 amide bonds. The summed E-state index contributed by atoms with van der Waals surface area (Å²) in [5, 5.41) is 5.71. The molecule has 0 heterocycles. The van der Waals surface area contributed by atoms with Crippen LogP contribution in [0.5, 0.6) is 0 Å². The predicted molar refractivity (Wildman–Crippen MR) is 186 cm³/mol. The highest BCUT2D eigenvalue weighted by atomic mass is 16.6. The molecule has 2 rings (SSSR count). The number of nitrogens with one attached hydrogen (secondary N) is 2. The maximum atomic E-state index is 14.5. The number of alkyl carbamates (subject to hydrolysis) is 1. The van der Waals surface area contributed by atoms with Crippen molar-refractivity contribution in [2.24, 2.45) is 5.92 Å². The fraction of sp³-hybridized carbons (Fsp3) is 0.526. The molecule has 3 unspecified atom stereocenters. The van der Waals surface area contributed by atoms with E-state index in [-0.39, 0.29) is 18.9 Å². The van der Waals surface area contributed by atoms with Gasteiger partial charge >= 0.3 is 12.1 Å². The van der Waals surface area contributed by atoms with Crippen LogP contribution < -0.4 is 10.6 Å². The summed E-state index contributed by atoms with van der Waals surface area (Å²) >= 11 is 0. The SMILES string of the molecule is C=Cc1cccc(C(C(=O)NC(Cc2ccccc2)C(=O)OC(C)(C)C)N(CCCC)C(=O)C(CC(C)C)NC(=O)OC(C)(C)C)c1. The van der Waals surface area contributed by atoms with Crippen LogP contribution in [0.2, 0.25) is 0 Å². The summed E-state index contributed by atoms with van der Waals surface area (Å²) in [7, 11) is 0. The monoisotopic (exact) mass is 649 g/mol. The van der Waals surface area contributed by atoms with Gasteiger partial charge < -0.3 is 25.0 Å². The number of hydrogen-bond donors (Lipinski definition) is 2. The minimum atomic E-state index is -1.12. The molecular formula is C38H55N3O6. The molecule has 0 aromatic heterocycles. The molecule has 0 aliphatic heterocycles. The highest BCUT2D eigenvalue weighted by Crippen LogP contribution is 2.26. The molecular weight excluding hydrogens is 594 g/mol. The topological polar surface area (TPSA) is 114 Å². The molecule has 0 fully saturated rings. The first kappa shape index (κ1) is 39.0. The molecule has 0 radical (unpaired) electrons. The van der Waals surface area contributed by atoms with Crippen LogP contribution in [0.3, 0.4) is 0 Å². The molecule has 2 aromatic rings. The third-order valence-corrected chi connectivity index (χ3v) is 7.04. The number of carbonyl (C=O) groups excluding carboxylic acids is 4. The smallest absolute Gasteiger partial charge is 0.408 e. The number of rotatable bonds is 15. The van der Waals surface area contributed by atoms with Gasteiger partial charge in [-0.05, 0) is 83.1 Å². The third kappa shape index (κ3) is 13.6. The zero-order chi connectivity index (χ0) is 35.4. The lowest BCUT2D eigenvalue weighted by Gasteiger charge is -2.36. The number of benzene rings is 2. The van der Waals surface area contributed by atoms with Crippen molar-refractivity contribution in [1.82, 2.24) is 15.5 Å². The average molecular weight is 650 g/mol. The first-order valence-corrected chi connectivity index (χ1v) is 16.5. The second-order valence-electron chi connectivity index (χ2n) is 14.3. The quantitative estimate of drug-likeness (QED) is 0.201. The zero-order valence-corrected chi connectivity index (χ0v) is 29.7. The van der Waals surface area contributed by atoms with Crippen LogP contribution in [0.4, 0.5) is 4.79 Å². The van der Waals surface area contributed by atoms with Gasteiger partial charge in [-0.2, -0.15) is 0 Å². The molecule has 9 nitrogen and oxygen atoms in total. The minimum Gasteiger partial charge on any atom is -0.458 e. The fourth-order valence-corrected chi connectivity index (χ4v) is 5.03. The molecule has 9 heteroatoms. The van der Waals surface area contributed by atoms with Gasteiger partial charge in [0.15, 0.2) is 0 Å². The Morgan fingerprint density at radius 2 is 1.51 bits per heavy atom. The van der Waals surface area contributed by atoms with Gasteiger partial charge in [0.05, 0.1) is 0 Å². The molecule has 0 aliphatic carbocycles. The number of unbranched alkanes of at least 4 members (excludes halogenated alkanes) is 1. The summed E-state index contributed by atoms with van der Waals surface area (Å²) < 4.78 is 11.2. The Morgan fingerprint density at radius 3 is 2.06 bits per heavy atom. The maximum Gasteiger partial charge on any atom is 0.408 e. The Hall–Kier alpha value is -4.14. The molecule has 0 aliphatic rings. The molecule has 2 aromatic carbocycles. The van der Waals surface area contributed by atoms with Crippen LogP contribution in [0, 0.1) is 5.92 Å². The summed E-state index contributed by atoms with van der Waals surface area (Å²) in [6.45, 7) is 20.6. The van der Waals surface area contributed by atoms with E-state index in [1.165, 1.54) is 4.90 Å². The molecule has 3 atom stereocenters. The van der Waals surface area contributed by atoms with Crippen molar-refractivity contribution >= 4 is 30.0 Å². The number of esters is 1. The molecule has 0 saturated carbocycles. The molecule has 258 valence electrons. The van der Waals surface area contributed by atoms with Gasteiger partial charge in [0.1, 0.15) is 29.3 Å². The van der Waals surface area contributed by atoms with Crippen molar-refractivity contribution in [2.75, 3.05) is 6.54 Å². The van der Waals surface area contributed by atoms with Crippen LogP contribution >= 0.6 is 0 Å². The van der Waals surface area contributed by atoms with Gasteiger partial charge in [-0.1, -0.05) is 88.4 Å². The predicted octanol–water partition coefficient (Wildman–Crippen LogP) is 7.01. The average Bonchev–Trinajstić information content (AvgIpc) is 2.96. The van der Waals surface area contributed by atoms with E-state index in [0.717, 1.165) is 17.5 Å². The summed E-state index contributed by atoms with van der Waals surface area (Å²) in [5.74, 6) is -1.49. The number of ether oxygens (including phenoxy) is 2. The lowest BCUT2D eigenvalue weighted by molar-refractivity contribution is -0.159. The van der Waals surface area contributed by atoms with Crippen LogP contribution in [0.15, 0.2) is 61.2 Å². The molecule has 47 heavy (non-hydrogen) atoms. The van der Waals surface area contributed by atoms with E-state index < -0.39 is 53.2 Å². The zero-order valence-electron chi connectivity index (χ0n) is 29.7. The maximum absolute atomic E-state index is 14.5. The van der Waals surface area contributed by atoms with E-state index in [1.54, 1.807) is 59.8 Å². The van der Waals surface area contributed by atoms with Crippen molar-refractivity contribution in [2.45, 2.75) is 117 Å². The Morgan fingerprint density at radius 1 is 0.872 bits per heavy atom. The van der Waals surface area contributed by atoms with E-state index >= 15 is 0 Å². The van der Waals surface area contributed by atoms with Gasteiger partial charge in [-0.3, -0.25) is 9.59 Å². The van der Waals surface area contributed by atoms with Crippen molar-refractivity contribution < 1.29 is 28.7 Å². The Kier molecular flexibility index (Phi) is 14.7. The largest absolute Gasteiger partial charge is 0.458 e. The van der Waals surface area contributed by atoms with E-state index in [0.29, 0.717) is 18.4 Å². The Bertz CT molecular complexity index is 1340. The van der Waals surface area contributed by atoms with E-state index in [9.17, 15) is 19.2 Å². The highest BCUT2D eigenvalue weighted by Gasteiger charge is 2.38. The summed E-state index contributed by atoms with van der Waals surface area (Å²) in [6.07, 6.45) is 2.84. The number of hydrogen-bond acceptors (Lipinski definition) is 6. The van der Waals surface area contributed by atoms with Crippen molar-refractivity contribution in [3.05, 3.63) is 77.9 Å². The van der Waals surface area contributed by atoms with Crippen LogP contribution in [-0.4, -0.2) is 58.6 Å². The molecule has 0 saturated heterocycles. The van der Waals surface area contributed by atoms with E-state index in [2.05, 4.69) is 17.2 Å². The van der Waals surface area contributed by atoms with Crippen LogP contribution in [0.1, 0.15) is 104 Å². The van der Waals surface area contributed by atoms with Crippen molar-refractivity contribution in [3.63, 3.8) is 0 Å². The third-order valence-electron chi connectivity index (χ3n) is 7.04. The summed E-state index contributed by atoms with van der Waals surface area (Å²) in [5.41, 5.74) is 0.607. The van der Waals surface area contributed by atoms with Gasteiger partial charge in [0, 0.05) is 13.0 Å². The second kappa shape index (κ2) is 17.7. The number of carbonyl (C=O) groups is 4. The standard InChI is InChI=1S/C38H55N3O6/c1-11-13-22-41(34(43)30(23-26(3)4)40-36(45)47-38(8,9)10)32(29-21-17-20-27(12-2)24-29)33(42)39-31(35(44)46-37(5,6)7)25-28-18-15-14-16-19-28/h12,14-21,24,26,30-32H,2,11,13,22-23,25H2,1,3-10H3,(H,39,42)(H,40,45). The molecule has 2 N–H and O–H groups in total. The Labute approximate surface area is 281 Å². The second-order valence-corrected chi connectivity index (χ2v) is 14.3. The van der Waals surface area contributed by atoms with Gasteiger partial charge in [0.2, 0.25) is 11.8 Å². The van der Waals surface area contributed by atoms with Crippen molar-refractivity contribution in [3.8, 4) is 0 Å². The normalized spacial score (nSPS) is 13.6. The lowest BCUT2D eigenvalue weighted by Crippen LogP contribution is -2.55. The van der Waals surface area contributed by atoms with E-state index in [1.807, 2.05) is 63.2 Å². The number of nitrogens with zero attached hydrogens (tertiary/aromatic N) is 1.